The number of rotatable bonds is 5. The molecule has 5 nitrogen and oxygen atoms in total. The van der Waals surface area contributed by atoms with Crippen LogP contribution in [0.2, 0.25) is 0 Å². The van der Waals surface area contributed by atoms with Gasteiger partial charge in [0.15, 0.2) is 5.82 Å². The number of nitrogens with two attached hydrogens (primary N) is 1. The number of nitrogens with zero attached hydrogens (tertiary/aromatic N) is 1. The normalized spacial score (nSPS) is 17.8. The van der Waals surface area contributed by atoms with Gasteiger partial charge < -0.3 is 10.6 Å². The lowest BCUT2D eigenvalue weighted by Crippen LogP contribution is -2.57. The smallest absolute Gasteiger partial charge is 0.243 e. The van der Waals surface area contributed by atoms with Crippen molar-refractivity contribution < 1.29 is 12.8 Å². The second kappa shape index (κ2) is 5.83. The summed E-state index contributed by atoms with van der Waals surface area (Å²) in [5.41, 5.74) is 5.61. The Morgan fingerprint density at radius 1 is 1.43 bits per heavy atom. The minimum atomic E-state index is -3.94. The number of hydrogen-bond donors (Lipinski definition) is 2. The van der Waals surface area contributed by atoms with Crippen molar-refractivity contribution in [1.29, 1.82) is 0 Å². The molecule has 118 valence electrons. The number of hydrogen-bond acceptors (Lipinski definition) is 4. The van der Waals surface area contributed by atoms with Crippen molar-refractivity contribution in [2.45, 2.75) is 29.7 Å². The zero-order chi connectivity index (χ0) is 15.8. The SMILES string of the molecule is CN(C)C1(CNS(=O)(=O)c2cc(N)cc(Br)c2F)CCC1. The number of nitrogens with one attached hydrogen (secondary N) is 1. The van der Waals surface area contributed by atoms with Crippen LogP contribution in [-0.2, 0) is 10.0 Å². The topological polar surface area (TPSA) is 75.4 Å². The minimum absolute atomic E-state index is 0.0360. The number of benzene rings is 1. The van der Waals surface area contributed by atoms with Crippen molar-refractivity contribution in [1.82, 2.24) is 9.62 Å². The molecule has 3 N–H and O–H groups in total. The van der Waals surface area contributed by atoms with Crippen LogP contribution in [0.5, 0.6) is 0 Å². The van der Waals surface area contributed by atoms with Crippen molar-refractivity contribution >= 4 is 31.6 Å². The molecule has 8 heteroatoms. The van der Waals surface area contributed by atoms with E-state index in [1.807, 2.05) is 19.0 Å². The third-order valence-corrected chi connectivity index (χ3v) is 6.11. The van der Waals surface area contributed by atoms with E-state index in [4.69, 9.17) is 5.73 Å². The highest BCUT2D eigenvalue weighted by Gasteiger charge is 2.40. The maximum atomic E-state index is 14.0. The number of halogens is 2. The molecule has 0 saturated heterocycles. The summed E-state index contributed by atoms with van der Waals surface area (Å²) in [5.74, 6) is -0.829. The Hall–Kier alpha value is -0.700. The van der Waals surface area contributed by atoms with Gasteiger partial charge in [0.25, 0.3) is 0 Å². The Labute approximate surface area is 132 Å². The van der Waals surface area contributed by atoms with E-state index in [2.05, 4.69) is 20.7 Å². The van der Waals surface area contributed by atoms with Crippen molar-refractivity contribution in [3.63, 3.8) is 0 Å². The van der Waals surface area contributed by atoms with Gasteiger partial charge in [0, 0.05) is 17.8 Å². The van der Waals surface area contributed by atoms with Crippen LogP contribution in [0.3, 0.4) is 0 Å². The van der Waals surface area contributed by atoms with Gasteiger partial charge in [-0.3, -0.25) is 0 Å². The van der Waals surface area contributed by atoms with Gasteiger partial charge in [0.1, 0.15) is 4.90 Å². The number of anilines is 1. The van der Waals surface area contributed by atoms with Crippen molar-refractivity contribution in [3.05, 3.63) is 22.4 Å². The molecule has 1 saturated carbocycles. The van der Waals surface area contributed by atoms with Crippen molar-refractivity contribution in [2.75, 3.05) is 26.4 Å². The van der Waals surface area contributed by atoms with Gasteiger partial charge in [-0.25, -0.2) is 17.5 Å². The molecule has 0 bridgehead atoms. The molecule has 1 fully saturated rings. The molecule has 1 aromatic carbocycles. The average Bonchev–Trinajstić information content (AvgIpc) is 2.31. The third kappa shape index (κ3) is 3.23. The fourth-order valence-electron chi connectivity index (χ4n) is 2.45. The van der Waals surface area contributed by atoms with Crippen LogP contribution in [0, 0.1) is 5.82 Å². The number of sulfonamides is 1. The van der Waals surface area contributed by atoms with Crippen LogP contribution < -0.4 is 10.5 Å². The third-order valence-electron chi connectivity index (χ3n) is 4.13. The lowest BCUT2D eigenvalue weighted by molar-refractivity contribution is 0.0656. The molecular weight excluding hydrogens is 361 g/mol. The number of nitrogen functional groups attached to an aromatic ring is 1. The van der Waals surface area contributed by atoms with E-state index in [-0.39, 0.29) is 22.2 Å². The van der Waals surface area contributed by atoms with Crippen molar-refractivity contribution in [3.8, 4) is 0 Å². The molecule has 0 heterocycles. The minimum Gasteiger partial charge on any atom is -0.399 e. The molecule has 0 unspecified atom stereocenters. The highest BCUT2D eigenvalue weighted by molar-refractivity contribution is 9.10. The Balaban J connectivity index is 2.24. The lowest BCUT2D eigenvalue weighted by Gasteiger charge is -2.47. The van der Waals surface area contributed by atoms with E-state index in [0.717, 1.165) is 25.3 Å². The molecule has 21 heavy (non-hydrogen) atoms. The van der Waals surface area contributed by atoms with Gasteiger partial charge in [0.2, 0.25) is 10.0 Å². The fourth-order valence-corrected chi connectivity index (χ4v) is 4.31. The maximum Gasteiger partial charge on any atom is 0.243 e. The van der Waals surface area contributed by atoms with Gasteiger partial charge in [-0.05, 0) is 61.4 Å². The standard InChI is InChI=1S/C13H19BrFN3O2S/c1-18(2)13(4-3-5-13)8-17-21(19,20)11-7-9(16)6-10(14)12(11)15/h6-7,17H,3-5,8,16H2,1-2H3. The highest BCUT2D eigenvalue weighted by Crippen LogP contribution is 2.36. The Kier molecular flexibility index (Phi) is 4.63. The quantitative estimate of drug-likeness (QED) is 0.766. The first-order valence-corrected chi connectivity index (χ1v) is 8.87. The molecular formula is C13H19BrFN3O2S. The van der Waals surface area contributed by atoms with E-state index in [1.54, 1.807) is 0 Å². The lowest BCUT2D eigenvalue weighted by atomic mass is 9.76. The van der Waals surface area contributed by atoms with Gasteiger partial charge in [0.05, 0.1) is 4.47 Å². The molecule has 0 atom stereocenters. The van der Waals surface area contributed by atoms with Gasteiger partial charge in [-0.1, -0.05) is 0 Å². The van der Waals surface area contributed by atoms with E-state index >= 15 is 0 Å². The van der Waals surface area contributed by atoms with Crippen LogP contribution in [0.15, 0.2) is 21.5 Å². The summed E-state index contributed by atoms with van der Waals surface area (Å²) in [6.45, 7) is 0.258. The van der Waals surface area contributed by atoms with E-state index < -0.39 is 20.7 Å². The Morgan fingerprint density at radius 3 is 2.52 bits per heavy atom. The monoisotopic (exact) mass is 379 g/mol. The molecule has 0 amide bonds. The van der Waals surface area contributed by atoms with Gasteiger partial charge >= 0.3 is 0 Å². The molecule has 0 aliphatic heterocycles. The van der Waals surface area contributed by atoms with Crippen LogP contribution in [0.4, 0.5) is 10.1 Å². The van der Waals surface area contributed by atoms with E-state index in [1.165, 1.54) is 6.07 Å². The first-order valence-electron chi connectivity index (χ1n) is 6.60. The molecule has 0 spiro atoms. The summed E-state index contributed by atoms with van der Waals surface area (Å²) >= 11 is 2.97. The largest absolute Gasteiger partial charge is 0.399 e. The predicted octanol–water partition coefficient (Wildman–Crippen LogP) is 1.93. The molecule has 1 aliphatic carbocycles. The molecule has 1 aromatic rings. The molecule has 1 aliphatic rings. The second-order valence-corrected chi connectivity index (χ2v) is 8.20. The average molecular weight is 380 g/mol. The summed E-state index contributed by atoms with van der Waals surface area (Å²) in [6.07, 6.45) is 2.91. The van der Waals surface area contributed by atoms with E-state index in [9.17, 15) is 12.8 Å². The predicted molar refractivity (Wildman–Crippen MR) is 84.0 cm³/mol. The summed E-state index contributed by atoms with van der Waals surface area (Å²) in [7, 11) is -0.0970. The highest BCUT2D eigenvalue weighted by atomic mass is 79.9. The zero-order valence-electron chi connectivity index (χ0n) is 12.0. The first-order chi connectivity index (χ1) is 9.68. The van der Waals surface area contributed by atoms with Crippen LogP contribution >= 0.6 is 15.9 Å². The first kappa shape index (κ1) is 16.7. The van der Waals surface area contributed by atoms with E-state index in [0.29, 0.717) is 0 Å². The van der Waals surface area contributed by atoms with Crippen molar-refractivity contribution in [2.24, 2.45) is 0 Å². The summed E-state index contributed by atoms with van der Waals surface area (Å²) in [5, 5.41) is 0. The summed E-state index contributed by atoms with van der Waals surface area (Å²) in [4.78, 5) is 1.59. The maximum absolute atomic E-state index is 14.0. The Morgan fingerprint density at radius 2 is 2.05 bits per heavy atom. The molecule has 2 rings (SSSR count). The van der Waals surface area contributed by atoms with Crippen LogP contribution in [-0.4, -0.2) is 39.5 Å². The summed E-state index contributed by atoms with van der Waals surface area (Å²) < 4.78 is 41.2. The summed E-state index contributed by atoms with van der Waals surface area (Å²) in [6, 6.07) is 2.47. The molecule has 0 aromatic heterocycles. The molecule has 0 radical (unpaired) electrons. The van der Waals surface area contributed by atoms with Gasteiger partial charge in [-0.2, -0.15) is 0 Å². The Bertz CT molecular complexity index is 645. The van der Waals surface area contributed by atoms with Crippen LogP contribution in [0.25, 0.3) is 0 Å². The second-order valence-electron chi connectivity index (χ2n) is 5.61. The number of likely N-dealkylation sites (N-methyl/N-ethyl adjacent to an activating group) is 1. The zero-order valence-corrected chi connectivity index (χ0v) is 14.4. The van der Waals surface area contributed by atoms with Crippen LogP contribution in [0.1, 0.15) is 19.3 Å². The fraction of sp³-hybridized carbons (Fsp3) is 0.538. The van der Waals surface area contributed by atoms with Gasteiger partial charge in [-0.15, -0.1) is 0 Å².